The van der Waals surface area contributed by atoms with Crippen LogP contribution in [-0.4, -0.2) is 38.4 Å². The number of aromatic amines is 1. The molecular formula is C12H20N6O. The zero-order valence-corrected chi connectivity index (χ0v) is 11.4. The molecule has 0 fully saturated rings. The summed E-state index contributed by atoms with van der Waals surface area (Å²) in [5.74, 6) is 1.86. The van der Waals surface area contributed by atoms with E-state index in [0.29, 0.717) is 13.1 Å². The van der Waals surface area contributed by atoms with Gasteiger partial charge in [0.1, 0.15) is 18.0 Å². The number of nitrogens with one attached hydrogen (secondary N) is 2. The summed E-state index contributed by atoms with van der Waals surface area (Å²) >= 11 is 0. The van der Waals surface area contributed by atoms with Gasteiger partial charge in [0.2, 0.25) is 0 Å². The molecule has 0 radical (unpaired) electrons. The molecule has 2 heterocycles. The Hall–Kier alpha value is -1.73. The molecule has 19 heavy (non-hydrogen) atoms. The summed E-state index contributed by atoms with van der Waals surface area (Å²) in [6.45, 7) is 4.98. The third kappa shape index (κ3) is 4.15. The molecule has 0 unspecified atom stereocenters. The first-order chi connectivity index (χ1) is 9.29. The molecule has 0 saturated heterocycles. The van der Waals surface area contributed by atoms with E-state index >= 15 is 0 Å². The largest absolute Gasteiger partial charge is 0.385 e. The molecule has 0 aliphatic heterocycles. The van der Waals surface area contributed by atoms with Gasteiger partial charge in [-0.1, -0.05) is 0 Å². The average molecular weight is 264 g/mol. The molecule has 2 aromatic rings. The fraction of sp³-hybridized carbons (Fsp3) is 0.583. The first kappa shape index (κ1) is 13.7. The first-order valence-electron chi connectivity index (χ1n) is 6.36. The van der Waals surface area contributed by atoms with Crippen LogP contribution in [0.5, 0.6) is 0 Å². The van der Waals surface area contributed by atoms with Gasteiger partial charge in [-0.25, -0.2) is 4.98 Å². The van der Waals surface area contributed by atoms with Gasteiger partial charge >= 0.3 is 0 Å². The van der Waals surface area contributed by atoms with Crippen molar-refractivity contribution in [2.24, 2.45) is 0 Å². The Morgan fingerprint density at radius 3 is 3.05 bits per heavy atom. The quantitative estimate of drug-likeness (QED) is 0.684. The van der Waals surface area contributed by atoms with E-state index in [4.69, 9.17) is 4.74 Å². The van der Waals surface area contributed by atoms with Crippen molar-refractivity contribution in [2.75, 3.05) is 13.7 Å². The van der Waals surface area contributed by atoms with E-state index in [9.17, 15) is 0 Å². The molecule has 0 amide bonds. The van der Waals surface area contributed by atoms with Crippen LogP contribution >= 0.6 is 0 Å². The topological polar surface area (TPSA) is 80.7 Å². The van der Waals surface area contributed by atoms with Gasteiger partial charge in [0, 0.05) is 32.2 Å². The summed E-state index contributed by atoms with van der Waals surface area (Å²) < 4.78 is 7.08. The minimum atomic E-state index is 0.673. The molecule has 2 rings (SSSR count). The van der Waals surface area contributed by atoms with Crippen LogP contribution in [0.15, 0.2) is 12.5 Å². The van der Waals surface area contributed by atoms with Crippen molar-refractivity contribution in [1.82, 2.24) is 30.0 Å². The molecule has 104 valence electrons. The lowest BCUT2D eigenvalue weighted by Crippen LogP contribution is -2.17. The van der Waals surface area contributed by atoms with Crippen molar-refractivity contribution >= 4 is 0 Å². The van der Waals surface area contributed by atoms with Gasteiger partial charge in [0.15, 0.2) is 0 Å². The summed E-state index contributed by atoms with van der Waals surface area (Å²) in [6, 6.07) is 0. The Morgan fingerprint density at radius 1 is 1.42 bits per heavy atom. The zero-order chi connectivity index (χ0) is 13.5. The van der Waals surface area contributed by atoms with E-state index < -0.39 is 0 Å². The van der Waals surface area contributed by atoms with E-state index in [1.165, 1.54) is 0 Å². The Bertz CT molecular complexity index is 492. The Balaban J connectivity index is 1.77. The highest BCUT2D eigenvalue weighted by Gasteiger charge is 2.04. The summed E-state index contributed by atoms with van der Waals surface area (Å²) in [4.78, 5) is 7.42. The van der Waals surface area contributed by atoms with Crippen LogP contribution in [0.4, 0.5) is 0 Å². The highest BCUT2D eigenvalue weighted by molar-refractivity contribution is 4.98. The van der Waals surface area contributed by atoms with Crippen molar-refractivity contribution in [3.05, 3.63) is 29.9 Å². The maximum absolute atomic E-state index is 5.04. The van der Waals surface area contributed by atoms with Gasteiger partial charge < -0.3 is 19.6 Å². The standard InChI is InChI=1S/C12H20N6O/c1-10-6-14-11(16-10)7-13-8-12-17-15-9-18(12)4-3-5-19-2/h6,9,13H,3-5,7-8H2,1-2H3,(H,14,16). The molecular weight excluding hydrogens is 244 g/mol. The van der Waals surface area contributed by atoms with Crippen molar-refractivity contribution < 1.29 is 4.74 Å². The second kappa shape index (κ2) is 7.01. The summed E-state index contributed by atoms with van der Waals surface area (Å²) in [5.41, 5.74) is 1.07. The van der Waals surface area contributed by atoms with E-state index in [0.717, 1.165) is 36.9 Å². The van der Waals surface area contributed by atoms with Crippen LogP contribution < -0.4 is 5.32 Å². The molecule has 0 bridgehead atoms. The van der Waals surface area contributed by atoms with Gasteiger partial charge in [-0.05, 0) is 13.3 Å². The molecule has 2 aromatic heterocycles. The molecule has 0 spiro atoms. The second-order valence-electron chi connectivity index (χ2n) is 4.40. The monoisotopic (exact) mass is 264 g/mol. The lowest BCUT2D eigenvalue weighted by molar-refractivity contribution is 0.190. The highest BCUT2D eigenvalue weighted by atomic mass is 16.5. The third-order valence-corrected chi connectivity index (χ3v) is 2.77. The Labute approximate surface area is 112 Å². The smallest absolute Gasteiger partial charge is 0.146 e. The van der Waals surface area contributed by atoms with Crippen LogP contribution in [0.3, 0.4) is 0 Å². The summed E-state index contributed by atoms with van der Waals surface area (Å²) in [5, 5.41) is 11.3. The molecule has 0 atom stereocenters. The van der Waals surface area contributed by atoms with E-state index in [-0.39, 0.29) is 0 Å². The van der Waals surface area contributed by atoms with Crippen LogP contribution in [0.1, 0.15) is 23.8 Å². The molecule has 7 nitrogen and oxygen atoms in total. The van der Waals surface area contributed by atoms with E-state index in [1.807, 2.05) is 17.7 Å². The second-order valence-corrected chi connectivity index (χ2v) is 4.40. The number of ether oxygens (including phenoxy) is 1. The maximum atomic E-state index is 5.04. The number of imidazole rings is 1. The number of hydrogen-bond donors (Lipinski definition) is 2. The first-order valence-corrected chi connectivity index (χ1v) is 6.36. The lowest BCUT2D eigenvalue weighted by Gasteiger charge is -2.06. The minimum Gasteiger partial charge on any atom is -0.385 e. The minimum absolute atomic E-state index is 0.673. The number of hydrogen-bond acceptors (Lipinski definition) is 5. The number of aryl methyl sites for hydroxylation is 2. The third-order valence-electron chi connectivity index (χ3n) is 2.77. The summed E-state index contributed by atoms with van der Waals surface area (Å²) in [7, 11) is 1.71. The van der Waals surface area contributed by atoms with E-state index in [2.05, 4.69) is 25.5 Å². The molecule has 0 aromatic carbocycles. The van der Waals surface area contributed by atoms with Crippen molar-refractivity contribution in [1.29, 1.82) is 0 Å². The van der Waals surface area contributed by atoms with Crippen molar-refractivity contribution in [2.45, 2.75) is 33.0 Å². The van der Waals surface area contributed by atoms with Crippen LogP contribution in [0.2, 0.25) is 0 Å². The van der Waals surface area contributed by atoms with Gasteiger partial charge in [0.05, 0.1) is 13.1 Å². The molecule has 0 aliphatic rings. The fourth-order valence-corrected chi connectivity index (χ4v) is 1.83. The van der Waals surface area contributed by atoms with Crippen LogP contribution in [0, 0.1) is 6.92 Å². The predicted octanol–water partition coefficient (Wildman–Crippen LogP) is 0.636. The molecule has 0 saturated carbocycles. The number of methoxy groups -OCH3 is 1. The van der Waals surface area contributed by atoms with Crippen molar-refractivity contribution in [3.63, 3.8) is 0 Å². The number of H-pyrrole nitrogens is 1. The van der Waals surface area contributed by atoms with Gasteiger partial charge in [-0.2, -0.15) is 0 Å². The number of nitrogens with zero attached hydrogens (tertiary/aromatic N) is 4. The van der Waals surface area contributed by atoms with Gasteiger partial charge in [0.25, 0.3) is 0 Å². The van der Waals surface area contributed by atoms with E-state index in [1.54, 1.807) is 13.4 Å². The van der Waals surface area contributed by atoms with Crippen LogP contribution in [-0.2, 0) is 24.4 Å². The van der Waals surface area contributed by atoms with Gasteiger partial charge in [-0.15, -0.1) is 10.2 Å². The SMILES string of the molecule is COCCCn1cnnc1CNCc1ncc(C)[nH]1. The lowest BCUT2D eigenvalue weighted by atomic mass is 10.4. The summed E-state index contributed by atoms with van der Waals surface area (Å²) in [6.07, 6.45) is 4.53. The molecule has 2 N–H and O–H groups in total. The molecule has 0 aliphatic carbocycles. The molecule has 7 heteroatoms. The highest BCUT2D eigenvalue weighted by Crippen LogP contribution is 1.99. The Kier molecular flexibility index (Phi) is 5.05. The fourth-order valence-electron chi connectivity index (χ4n) is 1.83. The predicted molar refractivity (Wildman–Crippen MR) is 70.4 cm³/mol. The number of rotatable bonds is 8. The average Bonchev–Trinajstić information content (AvgIpc) is 3.00. The number of aromatic nitrogens is 5. The Morgan fingerprint density at radius 2 is 2.32 bits per heavy atom. The zero-order valence-electron chi connectivity index (χ0n) is 11.4. The van der Waals surface area contributed by atoms with Crippen molar-refractivity contribution in [3.8, 4) is 0 Å². The normalized spacial score (nSPS) is 11.1. The van der Waals surface area contributed by atoms with Crippen LogP contribution in [0.25, 0.3) is 0 Å². The maximum Gasteiger partial charge on any atom is 0.146 e. The van der Waals surface area contributed by atoms with Gasteiger partial charge in [-0.3, -0.25) is 0 Å².